The summed E-state index contributed by atoms with van der Waals surface area (Å²) in [4.78, 5) is 30.1. The summed E-state index contributed by atoms with van der Waals surface area (Å²) in [7, 11) is 2.12. The standard InChI is InChI=1S/C27H39N5O5/c1-16-12-32(17(2)15-33)25(34)11-21-10-22(28-27(35)29-26-18(3)30-37-19(26)4)8-9-23(21)36-24(16)14-31(5)13-20-6-7-20/h8-10,16-17,20,24,33H,6-7,11-15H2,1-5H3,(H2,28,29,35)/t16-,17-,24+/m1/s1. The van der Waals surface area contributed by atoms with E-state index in [0.717, 1.165) is 19.0 Å². The lowest BCUT2D eigenvalue weighted by Gasteiger charge is -2.34. The molecule has 1 aromatic carbocycles. The summed E-state index contributed by atoms with van der Waals surface area (Å²) >= 11 is 0. The topological polar surface area (TPSA) is 120 Å². The number of carbonyl (C=O) groups excluding carboxylic acids is 2. The van der Waals surface area contributed by atoms with Crippen molar-refractivity contribution in [2.45, 2.75) is 59.1 Å². The highest BCUT2D eigenvalue weighted by Gasteiger charge is 2.32. The molecule has 10 nitrogen and oxygen atoms in total. The number of carbonyl (C=O) groups is 2. The quantitative estimate of drug-likeness (QED) is 0.495. The van der Waals surface area contributed by atoms with Crippen molar-refractivity contribution in [3.63, 3.8) is 0 Å². The van der Waals surface area contributed by atoms with E-state index in [0.29, 0.717) is 40.7 Å². The van der Waals surface area contributed by atoms with Crippen LogP contribution in [-0.4, -0.2) is 77.4 Å². The van der Waals surface area contributed by atoms with Crippen LogP contribution in [0.15, 0.2) is 22.7 Å². The van der Waals surface area contributed by atoms with Gasteiger partial charge in [-0.2, -0.15) is 0 Å². The normalized spacial score (nSPS) is 20.9. The van der Waals surface area contributed by atoms with E-state index in [1.54, 1.807) is 30.9 Å². The number of ether oxygens (including phenoxy) is 1. The minimum atomic E-state index is -0.437. The van der Waals surface area contributed by atoms with E-state index in [1.807, 2.05) is 13.0 Å². The Morgan fingerprint density at radius 1 is 1.27 bits per heavy atom. The smallest absolute Gasteiger partial charge is 0.323 e. The molecular weight excluding hydrogens is 474 g/mol. The summed E-state index contributed by atoms with van der Waals surface area (Å²) < 4.78 is 11.7. The molecule has 2 aliphatic rings. The van der Waals surface area contributed by atoms with E-state index in [-0.39, 0.29) is 37.0 Å². The van der Waals surface area contributed by atoms with Gasteiger partial charge in [0.05, 0.1) is 19.1 Å². The molecule has 2 aromatic rings. The number of nitrogens with zero attached hydrogens (tertiary/aromatic N) is 3. The maximum absolute atomic E-state index is 13.4. The van der Waals surface area contributed by atoms with E-state index >= 15 is 0 Å². The molecule has 1 aliphatic carbocycles. The molecule has 202 valence electrons. The number of nitrogens with one attached hydrogen (secondary N) is 2. The fourth-order valence-corrected chi connectivity index (χ4v) is 4.79. The third-order valence-corrected chi connectivity index (χ3v) is 7.20. The Morgan fingerprint density at radius 2 is 2.03 bits per heavy atom. The molecule has 0 saturated heterocycles. The van der Waals surface area contributed by atoms with Gasteiger partial charge in [0.2, 0.25) is 5.91 Å². The van der Waals surface area contributed by atoms with Crippen molar-refractivity contribution < 1.29 is 24.0 Å². The van der Waals surface area contributed by atoms with Crippen molar-refractivity contribution in [3.8, 4) is 5.75 Å². The van der Waals surface area contributed by atoms with Crippen molar-refractivity contribution in [3.05, 3.63) is 35.2 Å². The minimum absolute atomic E-state index is 0.0594. The second kappa shape index (κ2) is 11.5. The number of aliphatic hydroxyl groups excluding tert-OH is 1. The Bertz CT molecular complexity index is 1100. The summed E-state index contributed by atoms with van der Waals surface area (Å²) in [6.45, 7) is 9.61. The number of urea groups is 1. The van der Waals surface area contributed by atoms with E-state index in [2.05, 4.69) is 34.7 Å². The second-order valence-electron chi connectivity index (χ2n) is 10.7. The lowest BCUT2D eigenvalue weighted by molar-refractivity contribution is -0.134. The number of aliphatic hydroxyl groups is 1. The maximum Gasteiger partial charge on any atom is 0.323 e. The zero-order chi connectivity index (χ0) is 26.7. The summed E-state index contributed by atoms with van der Waals surface area (Å²) in [5.41, 5.74) is 2.35. The van der Waals surface area contributed by atoms with E-state index < -0.39 is 6.03 Å². The highest BCUT2D eigenvalue weighted by molar-refractivity contribution is 6.00. The molecule has 3 amide bonds. The van der Waals surface area contributed by atoms with Crippen LogP contribution in [0.1, 0.15) is 43.7 Å². The van der Waals surface area contributed by atoms with Crippen LogP contribution in [0, 0.1) is 25.7 Å². The highest BCUT2D eigenvalue weighted by atomic mass is 16.5. The van der Waals surface area contributed by atoms with Crippen LogP contribution in [0.2, 0.25) is 0 Å². The average Bonchev–Trinajstić information content (AvgIpc) is 3.61. The summed E-state index contributed by atoms with van der Waals surface area (Å²) in [5.74, 6) is 1.90. The first-order valence-electron chi connectivity index (χ1n) is 13.0. The molecule has 2 heterocycles. The van der Waals surface area contributed by atoms with Gasteiger partial charge < -0.3 is 34.8 Å². The van der Waals surface area contributed by atoms with Crippen LogP contribution in [0.5, 0.6) is 5.75 Å². The zero-order valence-corrected chi connectivity index (χ0v) is 22.4. The molecule has 1 aromatic heterocycles. The van der Waals surface area contributed by atoms with E-state index in [1.165, 1.54) is 12.8 Å². The Balaban J connectivity index is 1.56. The molecular formula is C27H39N5O5. The molecule has 0 radical (unpaired) electrons. The van der Waals surface area contributed by atoms with Crippen molar-refractivity contribution in [1.29, 1.82) is 0 Å². The van der Waals surface area contributed by atoms with Gasteiger partial charge in [-0.1, -0.05) is 12.1 Å². The SMILES string of the molecule is Cc1noc(C)c1NC(=O)Nc1ccc2c(c1)CC(=O)N([C@H](C)CO)C[C@@H](C)[C@H](CN(C)CC1CC1)O2. The van der Waals surface area contributed by atoms with E-state index in [9.17, 15) is 14.7 Å². The van der Waals surface area contributed by atoms with Gasteiger partial charge in [0.25, 0.3) is 0 Å². The Morgan fingerprint density at radius 3 is 2.68 bits per heavy atom. The molecule has 3 atom stereocenters. The number of amides is 3. The largest absolute Gasteiger partial charge is 0.488 e. The number of rotatable bonds is 8. The summed E-state index contributed by atoms with van der Waals surface area (Å²) in [5, 5.41) is 19.3. The Hall–Kier alpha value is -3.11. The van der Waals surface area contributed by atoms with Gasteiger partial charge in [0.1, 0.15) is 23.2 Å². The minimum Gasteiger partial charge on any atom is -0.488 e. The number of aryl methyl sites for hydroxylation is 2. The highest BCUT2D eigenvalue weighted by Crippen LogP contribution is 2.31. The maximum atomic E-state index is 13.4. The van der Waals surface area contributed by atoms with Gasteiger partial charge >= 0.3 is 6.03 Å². The first-order chi connectivity index (χ1) is 17.6. The first-order valence-corrected chi connectivity index (χ1v) is 13.0. The van der Waals surface area contributed by atoms with Gasteiger partial charge in [-0.15, -0.1) is 0 Å². The molecule has 0 bridgehead atoms. The van der Waals surface area contributed by atoms with Crippen LogP contribution < -0.4 is 15.4 Å². The van der Waals surface area contributed by atoms with Crippen LogP contribution in [0.3, 0.4) is 0 Å². The van der Waals surface area contributed by atoms with Gasteiger partial charge in [-0.3, -0.25) is 4.79 Å². The van der Waals surface area contributed by atoms with Crippen molar-refractivity contribution >= 4 is 23.3 Å². The molecule has 4 rings (SSSR count). The number of hydrogen-bond acceptors (Lipinski definition) is 7. The van der Waals surface area contributed by atoms with Crippen LogP contribution in [-0.2, 0) is 11.2 Å². The number of hydrogen-bond donors (Lipinski definition) is 3. The Kier molecular flexibility index (Phi) is 8.39. The van der Waals surface area contributed by atoms with Crippen LogP contribution in [0.4, 0.5) is 16.2 Å². The number of anilines is 2. The number of likely N-dealkylation sites (N-methyl/N-ethyl adjacent to an activating group) is 1. The van der Waals surface area contributed by atoms with Gasteiger partial charge in [0, 0.05) is 36.8 Å². The third-order valence-electron chi connectivity index (χ3n) is 7.20. The number of aromatic nitrogens is 1. The summed E-state index contributed by atoms with van der Waals surface area (Å²) in [6, 6.07) is 4.64. The monoisotopic (exact) mass is 513 g/mol. The molecule has 0 spiro atoms. The van der Waals surface area contributed by atoms with Crippen molar-refractivity contribution in [2.75, 3.05) is 43.9 Å². The first kappa shape index (κ1) is 26.9. The van der Waals surface area contributed by atoms with Crippen molar-refractivity contribution in [2.24, 2.45) is 11.8 Å². The van der Waals surface area contributed by atoms with Crippen molar-refractivity contribution in [1.82, 2.24) is 15.0 Å². The molecule has 1 fully saturated rings. The number of benzene rings is 1. The fraction of sp³-hybridized carbons (Fsp3) is 0.593. The van der Waals surface area contributed by atoms with Gasteiger partial charge in [-0.05, 0) is 64.8 Å². The van der Waals surface area contributed by atoms with Gasteiger partial charge in [-0.25, -0.2) is 4.79 Å². The lowest BCUT2D eigenvalue weighted by atomic mass is 10.0. The molecule has 3 N–H and O–H groups in total. The lowest BCUT2D eigenvalue weighted by Crippen LogP contribution is -2.47. The molecule has 1 aliphatic heterocycles. The average molecular weight is 514 g/mol. The molecule has 37 heavy (non-hydrogen) atoms. The van der Waals surface area contributed by atoms with Gasteiger partial charge in [0.15, 0.2) is 5.76 Å². The molecule has 1 saturated carbocycles. The summed E-state index contributed by atoms with van der Waals surface area (Å²) in [6.07, 6.45) is 2.54. The third kappa shape index (κ3) is 6.81. The van der Waals surface area contributed by atoms with E-state index in [4.69, 9.17) is 9.26 Å². The molecule has 0 unspecified atom stereocenters. The van der Waals surface area contributed by atoms with Crippen LogP contribution >= 0.6 is 0 Å². The number of fused-ring (bicyclic) bond motifs is 1. The Labute approximate surface area is 218 Å². The fourth-order valence-electron chi connectivity index (χ4n) is 4.79. The van der Waals surface area contributed by atoms with Crippen LogP contribution in [0.25, 0.3) is 0 Å². The predicted octanol–water partition coefficient (Wildman–Crippen LogP) is 3.43. The second-order valence-corrected chi connectivity index (χ2v) is 10.7. The zero-order valence-electron chi connectivity index (χ0n) is 22.4. The molecule has 10 heteroatoms. The predicted molar refractivity (Wildman–Crippen MR) is 141 cm³/mol.